The maximum Gasteiger partial charge on any atom is 0.407 e. The average Bonchev–Trinajstić information content (AvgIpc) is 3.53. The Kier molecular flexibility index (Phi) is 6.03. The van der Waals surface area contributed by atoms with Crippen molar-refractivity contribution in [3.05, 3.63) is 59.7 Å². The molecule has 1 aliphatic heterocycles. The molecule has 5 rings (SSSR count). The van der Waals surface area contributed by atoms with E-state index in [4.69, 9.17) is 4.74 Å². The molecule has 0 unspecified atom stereocenters. The van der Waals surface area contributed by atoms with Crippen molar-refractivity contribution in [2.24, 2.45) is 11.8 Å². The van der Waals surface area contributed by atoms with Gasteiger partial charge in [0.05, 0.1) is 0 Å². The molecule has 0 spiro atoms. The van der Waals surface area contributed by atoms with Crippen molar-refractivity contribution < 1.29 is 24.2 Å². The Morgan fingerprint density at radius 1 is 1.09 bits per heavy atom. The maximum atomic E-state index is 13.5. The first-order valence-corrected chi connectivity index (χ1v) is 12.5. The first kappa shape index (κ1) is 23.4. The van der Waals surface area contributed by atoms with Gasteiger partial charge in [-0.25, -0.2) is 9.59 Å². The van der Waals surface area contributed by atoms with Crippen molar-refractivity contribution in [3.63, 3.8) is 0 Å². The van der Waals surface area contributed by atoms with Crippen molar-refractivity contribution in [2.75, 3.05) is 13.2 Å². The molecule has 7 heteroatoms. The van der Waals surface area contributed by atoms with E-state index in [-0.39, 0.29) is 30.3 Å². The summed E-state index contributed by atoms with van der Waals surface area (Å²) in [7, 11) is 0. The first-order chi connectivity index (χ1) is 16.8. The Labute approximate surface area is 205 Å². The largest absolute Gasteiger partial charge is 0.479 e. The van der Waals surface area contributed by atoms with Crippen LogP contribution < -0.4 is 5.32 Å². The van der Waals surface area contributed by atoms with E-state index >= 15 is 0 Å². The van der Waals surface area contributed by atoms with Gasteiger partial charge in [0, 0.05) is 12.5 Å². The minimum atomic E-state index is -1.10. The van der Waals surface area contributed by atoms with E-state index in [1.54, 1.807) is 0 Å². The van der Waals surface area contributed by atoms with Crippen LogP contribution in [-0.4, -0.2) is 52.7 Å². The summed E-state index contributed by atoms with van der Waals surface area (Å²) < 4.78 is 5.66. The summed E-state index contributed by atoms with van der Waals surface area (Å²) in [6.07, 6.45) is 1.86. The second-order valence-electron chi connectivity index (χ2n) is 10.4. The van der Waals surface area contributed by atoms with Crippen LogP contribution in [0.2, 0.25) is 0 Å². The SMILES string of the molecule is CC(C)C[C@@H](NC(=O)OCC1c2ccccc2-c2ccccc21)C(=O)N1CCC[C@@H]2C[C@@]21C(=O)O. The third-order valence-corrected chi connectivity index (χ3v) is 7.77. The highest BCUT2D eigenvalue weighted by molar-refractivity contribution is 5.94. The zero-order valence-corrected chi connectivity index (χ0v) is 20.2. The lowest BCUT2D eigenvalue weighted by Crippen LogP contribution is -2.57. The van der Waals surface area contributed by atoms with Gasteiger partial charge in [0.1, 0.15) is 18.2 Å². The van der Waals surface area contributed by atoms with Gasteiger partial charge in [0.25, 0.3) is 0 Å². The summed E-state index contributed by atoms with van der Waals surface area (Å²) >= 11 is 0. The summed E-state index contributed by atoms with van der Waals surface area (Å²) in [5.74, 6) is -1.20. The third kappa shape index (κ3) is 4.07. The van der Waals surface area contributed by atoms with Crippen LogP contribution in [0.4, 0.5) is 4.79 Å². The predicted octanol–water partition coefficient (Wildman–Crippen LogP) is 4.41. The molecule has 7 nitrogen and oxygen atoms in total. The van der Waals surface area contributed by atoms with E-state index in [2.05, 4.69) is 29.6 Å². The number of nitrogens with one attached hydrogen (secondary N) is 1. The summed E-state index contributed by atoms with van der Waals surface area (Å²) in [5.41, 5.74) is 3.43. The first-order valence-electron chi connectivity index (χ1n) is 12.5. The molecule has 0 radical (unpaired) electrons. The van der Waals surface area contributed by atoms with E-state index in [0.717, 1.165) is 35.1 Å². The fourth-order valence-electron chi connectivity index (χ4n) is 6.03. The van der Waals surface area contributed by atoms with Crippen LogP contribution in [0.3, 0.4) is 0 Å². The van der Waals surface area contributed by atoms with E-state index < -0.39 is 23.6 Å². The summed E-state index contributed by atoms with van der Waals surface area (Å²) in [6.45, 7) is 4.52. The molecular weight excluding hydrogens is 444 g/mol. The van der Waals surface area contributed by atoms with Crippen LogP contribution >= 0.6 is 0 Å². The van der Waals surface area contributed by atoms with E-state index in [1.165, 1.54) is 4.90 Å². The van der Waals surface area contributed by atoms with Gasteiger partial charge in [-0.1, -0.05) is 62.4 Å². The van der Waals surface area contributed by atoms with Gasteiger partial charge in [-0.2, -0.15) is 0 Å². The van der Waals surface area contributed by atoms with Crippen LogP contribution in [0.5, 0.6) is 0 Å². The molecule has 1 saturated carbocycles. The second-order valence-corrected chi connectivity index (χ2v) is 10.4. The normalized spacial score (nSPS) is 23.2. The quantitative estimate of drug-likeness (QED) is 0.617. The number of aliphatic carboxylic acids is 1. The lowest BCUT2D eigenvalue weighted by atomic mass is 9.97. The Balaban J connectivity index is 1.29. The third-order valence-electron chi connectivity index (χ3n) is 7.77. The van der Waals surface area contributed by atoms with Gasteiger partial charge in [-0.3, -0.25) is 4.79 Å². The smallest absolute Gasteiger partial charge is 0.407 e. The Hall–Kier alpha value is -3.35. The fourth-order valence-corrected chi connectivity index (χ4v) is 6.03. The summed E-state index contributed by atoms with van der Waals surface area (Å²) in [4.78, 5) is 39.9. The van der Waals surface area contributed by atoms with Crippen LogP contribution in [0.25, 0.3) is 11.1 Å². The zero-order valence-electron chi connectivity index (χ0n) is 20.2. The Bertz CT molecular complexity index is 1120. The van der Waals surface area contributed by atoms with Crippen LogP contribution in [-0.2, 0) is 14.3 Å². The number of carbonyl (C=O) groups is 3. The molecular formula is C28H32N2O5. The molecule has 2 amide bonds. The van der Waals surface area contributed by atoms with Crippen molar-refractivity contribution in [3.8, 4) is 11.1 Å². The maximum absolute atomic E-state index is 13.5. The monoisotopic (exact) mass is 476 g/mol. The lowest BCUT2D eigenvalue weighted by Gasteiger charge is -2.36. The van der Waals surface area contributed by atoms with Crippen LogP contribution in [0, 0.1) is 11.8 Å². The number of hydrogen-bond acceptors (Lipinski definition) is 4. The number of carboxylic acids is 1. The standard InChI is InChI=1S/C28H32N2O5/c1-17(2)14-24(25(31)30-13-7-8-18-15-28(18,30)26(32)33)29-27(34)35-16-23-21-11-5-3-9-19(21)20-10-4-6-12-22(20)23/h3-6,9-12,17-18,23-24H,7-8,13-16H2,1-2H3,(H,29,34)(H,32,33)/t18-,24-,28+/m1/s1. The lowest BCUT2D eigenvalue weighted by molar-refractivity contribution is -0.155. The van der Waals surface area contributed by atoms with Gasteiger partial charge in [0.2, 0.25) is 5.91 Å². The van der Waals surface area contributed by atoms with Gasteiger partial charge < -0.3 is 20.1 Å². The molecule has 2 fully saturated rings. The molecule has 2 aromatic rings. The summed E-state index contributed by atoms with van der Waals surface area (Å²) in [5, 5.41) is 12.6. The predicted molar refractivity (Wildman–Crippen MR) is 131 cm³/mol. The molecule has 2 aliphatic carbocycles. The highest BCUT2D eigenvalue weighted by Gasteiger charge is 2.67. The van der Waals surface area contributed by atoms with Gasteiger partial charge >= 0.3 is 12.1 Å². The Morgan fingerprint density at radius 2 is 1.71 bits per heavy atom. The van der Waals surface area contributed by atoms with Crippen molar-refractivity contribution in [1.82, 2.24) is 10.2 Å². The highest BCUT2D eigenvalue weighted by Crippen LogP contribution is 2.54. The van der Waals surface area contributed by atoms with Crippen molar-refractivity contribution in [1.29, 1.82) is 0 Å². The molecule has 3 aliphatic rings. The minimum absolute atomic E-state index is 0.00635. The van der Waals surface area contributed by atoms with E-state index in [1.807, 2.05) is 38.1 Å². The number of nitrogens with zero attached hydrogens (tertiary/aromatic N) is 1. The van der Waals surface area contributed by atoms with Gasteiger partial charge in [-0.15, -0.1) is 0 Å². The molecule has 0 bridgehead atoms. The molecule has 35 heavy (non-hydrogen) atoms. The second kappa shape index (κ2) is 9.02. The van der Waals surface area contributed by atoms with Crippen molar-refractivity contribution >= 4 is 18.0 Å². The molecule has 0 aromatic heterocycles. The molecule has 2 N–H and O–H groups in total. The van der Waals surface area contributed by atoms with E-state index in [0.29, 0.717) is 19.4 Å². The topological polar surface area (TPSA) is 95.9 Å². The number of ether oxygens (including phenoxy) is 1. The van der Waals surface area contributed by atoms with Crippen LogP contribution in [0.15, 0.2) is 48.5 Å². The average molecular weight is 477 g/mol. The minimum Gasteiger partial charge on any atom is -0.479 e. The highest BCUT2D eigenvalue weighted by atomic mass is 16.5. The van der Waals surface area contributed by atoms with E-state index in [9.17, 15) is 19.5 Å². The number of amides is 2. The molecule has 1 saturated heterocycles. The zero-order chi connectivity index (χ0) is 24.7. The number of likely N-dealkylation sites (tertiary alicyclic amines) is 1. The molecule has 2 aromatic carbocycles. The molecule has 1 heterocycles. The fraction of sp³-hybridized carbons (Fsp3) is 0.464. The van der Waals surface area contributed by atoms with Crippen LogP contribution in [0.1, 0.15) is 56.6 Å². The molecule has 184 valence electrons. The number of fused-ring (bicyclic) bond motifs is 4. The van der Waals surface area contributed by atoms with Crippen molar-refractivity contribution in [2.45, 2.75) is 57.0 Å². The molecule has 3 atom stereocenters. The Morgan fingerprint density at radius 3 is 2.31 bits per heavy atom. The van der Waals surface area contributed by atoms with Gasteiger partial charge in [0.15, 0.2) is 0 Å². The summed E-state index contributed by atoms with van der Waals surface area (Å²) in [6, 6.07) is 15.4. The number of carbonyl (C=O) groups excluding carboxylic acids is 2. The number of rotatable bonds is 7. The number of hydrogen-bond donors (Lipinski definition) is 2. The number of piperidine rings is 1. The number of carboxylic acid groups (broad SMARTS) is 1. The number of benzene rings is 2. The number of alkyl carbamates (subject to hydrolysis) is 1. The van der Waals surface area contributed by atoms with Gasteiger partial charge in [-0.05, 0) is 59.8 Å².